The number of rotatable bonds is 5. The molecule has 0 aromatic rings. The summed E-state index contributed by atoms with van der Waals surface area (Å²) in [6.45, 7) is 3.34. The second-order valence-electron chi connectivity index (χ2n) is 3.95. The lowest BCUT2D eigenvalue weighted by Crippen LogP contribution is -2.33. The maximum absolute atomic E-state index is 11.2. The molecule has 2 unspecified atom stereocenters. The number of carbonyl (C=O) groups is 1. The summed E-state index contributed by atoms with van der Waals surface area (Å²) in [7, 11) is 3.82. The molecule has 2 atom stereocenters. The van der Waals surface area contributed by atoms with Crippen LogP contribution < -0.4 is 0 Å². The first-order chi connectivity index (χ1) is 7.19. The van der Waals surface area contributed by atoms with E-state index in [-0.39, 0.29) is 12.1 Å². The van der Waals surface area contributed by atoms with Crippen molar-refractivity contribution in [3.63, 3.8) is 0 Å². The fourth-order valence-electron chi connectivity index (χ4n) is 2.15. The third kappa shape index (κ3) is 3.47. The van der Waals surface area contributed by atoms with E-state index in [2.05, 4.69) is 11.9 Å². The van der Waals surface area contributed by atoms with Crippen molar-refractivity contribution < 1.29 is 14.3 Å². The van der Waals surface area contributed by atoms with Crippen molar-refractivity contribution in [2.45, 2.75) is 38.3 Å². The number of hydrogen-bond donors (Lipinski definition) is 0. The van der Waals surface area contributed by atoms with E-state index in [0.717, 1.165) is 19.4 Å². The van der Waals surface area contributed by atoms with E-state index in [9.17, 15) is 4.79 Å². The molecule has 0 bridgehead atoms. The Hall–Kier alpha value is -0.610. The average Bonchev–Trinajstić information content (AvgIpc) is 2.57. The highest BCUT2D eigenvalue weighted by atomic mass is 16.5. The first-order valence-electron chi connectivity index (χ1n) is 5.57. The molecule has 0 aromatic carbocycles. The van der Waals surface area contributed by atoms with Gasteiger partial charge in [-0.1, -0.05) is 0 Å². The Morgan fingerprint density at radius 1 is 1.53 bits per heavy atom. The van der Waals surface area contributed by atoms with Gasteiger partial charge in [0.2, 0.25) is 0 Å². The molecule has 4 heteroatoms. The Bertz CT molecular complexity index is 208. The molecule has 0 radical (unpaired) electrons. The molecule has 0 aromatic heterocycles. The number of esters is 1. The van der Waals surface area contributed by atoms with Gasteiger partial charge in [0.15, 0.2) is 0 Å². The summed E-state index contributed by atoms with van der Waals surface area (Å²) in [5.41, 5.74) is 0. The molecule has 1 rings (SSSR count). The highest BCUT2D eigenvalue weighted by molar-refractivity contribution is 5.69. The molecule has 0 amide bonds. The van der Waals surface area contributed by atoms with E-state index in [1.165, 1.54) is 0 Å². The molecule has 1 aliphatic heterocycles. The van der Waals surface area contributed by atoms with Crippen LogP contribution in [0.3, 0.4) is 0 Å². The van der Waals surface area contributed by atoms with E-state index >= 15 is 0 Å². The number of carbonyl (C=O) groups excluding carboxylic acids is 1. The Morgan fingerprint density at radius 3 is 2.87 bits per heavy atom. The van der Waals surface area contributed by atoms with Gasteiger partial charge in [0.25, 0.3) is 0 Å². The molecule has 0 spiro atoms. The molecule has 1 heterocycles. The quantitative estimate of drug-likeness (QED) is 0.643. The van der Waals surface area contributed by atoms with Crippen molar-refractivity contribution in [3.05, 3.63) is 0 Å². The lowest BCUT2D eigenvalue weighted by Gasteiger charge is -2.23. The first kappa shape index (κ1) is 12.5. The van der Waals surface area contributed by atoms with Gasteiger partial charge in [-0.25, -0.2) is 0 Å². The van der Waals surface area contributed by atoms with Crippen LogP contribution in [0.5, 0.6) is 0 Å². The Balaban J connectivity index is 2.32. The number of likely N-dealkylation sites (tertiary alicyclic amines) is 1. The van der Waals surface area contributed by atoms with Crippen LogP contribution in [0.25, 0.3) is 0 Å². The fourth-order valence-corrected chi connectivity index (χ4v) is 2.15. The zero-order valence-electron chi connectivity index (χ0n) is 9.86. The van der Waals surface area contributed by atoms with E-state index in [1.54, 1.807) is 7.11 Å². The predicted molar refractivity (Wildman–Crippen MR) is 57.7 cm³/mol. The summed E-state index contributed by atoms with van der Waals surface area (Å²) >= 11 is 0. The number of hydrogen-bond acceptors (Lipinski definition) is 4. The number of likely N-dealkylation sites (N-methyl/N-ethyl adjacent to an activating group) is 1. The summed E-state index contributed by atoms with van der Waals surface area (Å²) in [6, 6.07) is 0.361. The summed E-state index contributed by atoms with van der Waals surface area (Å²) < 4.78 is 10.3. The van der Waals surface area contributed by atoms with Crippen molar-refractivity contribution in [2.75, 3.05) is 27.3 Å². The topological polar surface area (TPSA) is 38.8 Å². The van der Waals surface area contributed by atoms with Gasteiger partial charge < -0.3 is 14.4 Å². The van der Waals surface area contributed by atoms with Crippen LogP contribution in [0.4, 0.5) is 0 Å². The molecular weight excluding hydrogens is 194 g/mol. The first-order valence-corrected chi connectivity index (χ1v) is 5.57. The van der Waals surface area contributed by atoms with Crippen molar-refractivity contribution >= 4 is 5.97 Å². The maximum atomic E-state index is 11.2. The Kier molecular flexibility index (Phi) is 5.05. The van der Waals surface area contributed by atoms with E-state index in [1.807, 2.05) is 6.92 Å². The van der Waals surface area contributed by atoms with Gasteiger partial charge in [-0.2, -0.15) is 0 Å². The van der Waals surface area contributed by atoms with Crippen LogP contribution in [0.2, 0.25) is 0 Å². The third-order valence-corrected chi connectivity index (χ3v) is 3.01. The normalized spacial score (nSPS) is 26.9. The van der Waals surface area contributed by atoms with Gasteiger partial charge in [0.1, 0.15) is 0 Å². The molecule has 0 saturated carbocycles. The summed E-state index contributed by atoms with van der Waals surface area (Å²) in [5, 5.41) is 0. The second-order valence-corrected chi connectivity index (χ2v) is 3.95. The number of nitrogens with zero attached hydrogens (tertiary/aromatic N) is 1. The molecular formula is C11H21NO3. The zero-order chi connectivity index (χ0) is 11.3. The van der Waals surface area contributed by atoms with Crippen molar-refractivity contribution in [1.82, 2.24) is 4.90 Å². The van der Waals surface area contributed by atoms with Crippen LogP contribution in [0, 0.1) is 0 Å². The van der Waals surface area contributed by atoms with Crippen LogP contribution in [0.1, 0.15) is 26.2 Å². The monoisotopic (exact) mass is 215 g/mol. The second kappa shape index (κ2) is 6.08. The van der Waals surface area contributed by atoms with Crippen LogP contribution in [-0.2, 0) is 14.3 Å². The minimum atomic E-state index is -0.104. The van der Waals surface area contributed by atoms with Crippen LogP contribution in [-0.4, -0.2) is 50.3 Å². The van der Waals surface area contributed by atoms with E-state index in [4.69, 9.17) is 9.47 Å². The molecule has 0 aliphatic carbocycles. The highest BCUT2D eigenvalue weighted by Crippen LogP contribution is 2.22. The zero-order valence-corrected chi connectivity index (χ0v) is 9.86. The van der Waals surface area contributed by atoms with Crippen LogP contribution in [0.15, 0.2) is 0 Å². The summed E-state index contributed by atoms with van der Waals surface area (Å²) in [4.78, 5) is 13.5. The molecule has 0 N–H and O–H groups in total. The van der Waals surface area contributed by atoms with E-state index < -0.39 is 0 Å². The standard InChI is InChI=1S/C11H21NO3/c1-4-15-11(13)6-5-9-10(14-3)7-8-12(9)2/h9-10H,4-8H2,1-3H3. The van der Waals surface area contributed by atoms with Crippen LogP contribution >= 0.6 is 0 Å². The van der Waals surface area contributed by atoms with Crippen molar-refractivity contribution in [1.29, 1.82) is 0 Å². The number of ether oxygens (including phenoxy) is 2. The Labute approximate surface area is 91.5 Å². The minimum Gasteiger partial charge on any atom is -0.466 e. The molecule has 1 aliphatic rings. The predicted octanol–water partition coefficient (Wildman–Crippen LogP) is 1.05. The van der Waals surface area contributed by atoms with Gasteiger partial charge >= 0.3 is 5.97 Å². The van der Waals surface area contributed by atoms with Gasteiger partial charge in [0.05, 0.1) is 12.7 Å². The minimum absolute atomic E-state index is 0.104. The molecule has 4 nitrogen and oxygen atoms in total. The van der Waals surface area contributed by atoms with Gasteiger partial charge in [-0.15, -0.1) is 0 Å². The third-order valence-electron chi connectivity index (χ3n) is 3.01. The molecule has 1 fully saturated rings. The number of methoxy groups -OCH3 is 1. The van der Waals surface area contributed by atoms with E-state index in [0.29, 0.717) is 19.1 Å². The Morgan fingerprint density at radius 2 is 2.27 bits per heavy atom. The summed E-state index contributed by atoms with van der Waals surface area (Å²) in [6.07, 6.45) is 2.64. The summed E-state index contributed by atoms with van der Waals surface area (Å²) in [5.74, 6) is -0.104. The van der Waals surface area contributed by atoms with Crippen molar-refractivity contribution in [3.8, 4) is 0 Å². The maximum Gasteiger partial charge on any atom is 0.305 e. The largest absolute Gasteiger partial charge is 0.466 e. The SMILES string of the molecule is CCOC(=O)CCC1C(OC)CCN1C. The fraction of sp³-hybridized carbons (Fsp3) is 0.909. The van der Waals surface area contributed by atoms with Gasteiger partial charge in [-0.3, -0.25) is 4.79 Å². The van der Waals surface area contributed by atoms with Crippen molar-refractivity contribution in [2.24, 2.45) is 0 Å². The highest BCUT2D eigenvalue weighted by Gasteiger charge is 2.31. The van der Waals surface area contributed by atoms with Gasteiger partial charge in [-0.05, 0) is 26.8 Å². The lowest BCUT2D eigenvalue weighted by molar-refractivity contribution is -0.143. The average molecular weight is 215 g/mol. The molecule has 1 saturated heterocycles. The van der Waals surface area contributed by atoms with Gasteiger partial charge in [0, 0.05) is 26.1 Å². The smallest absolute Gasteiger partial charge is 0.305 e. The molecule has 88 valence electrons. The lowest BCUT2D eigenvalue weighted by atomic mass is 10.1. The molecule has 15 heavy (non-hydrogen) atoms.